The lowest BCUT2D eigenvalue weighted by Gasteiger charge is -2.27. The first-order chi connectivity index (χ1) is 7.33. The minimum atomic E-state index is -3.78. The normalized spacial score (nSPS) is 47.5. The van der Waals surface area contributed by atoms with Crippen LogP contribution in [-0.2, 0) is 18.6 Å². The zero-order valence-corrected chi connectivity index (χ0v) is 10.1. The molecule has 0 aromatic heterocycles. The maximum atomic E-state index is 11.4. The summed E-state index contributed by atoms with van der Waals surface area (Å²) in [7, 11) is 1.85. The molecule has 0 aromatic carbocycles. The van der Waals surface area contributed by atoms with Gasteiger partial charge in [-0.2, -0.15) is 5.09 Å². The van der Waals surface area contributed by atoms with E-state index in [4.69, 9.17) is 21.8 Å². The Hall–Kier alpha value is 0.0949. The van der Waals surface area contributed by atoms with E-state index in [1.165, 1.54) is 0 Å². The zero-order chi connectivity index (χ0) is 12.0. The lowest BCUT2D eigenvalue weighted by atomic mass is 9.95. The molecular formula is C8H15BNO5P. The molecule has 0 aromatic rings. The van der Waals surface area contributed by atoms with Gasteiger partial charge in [-0.15, -0.1) is 0 Å². The van der Waals surface area contributed by atoms with Gasteiger partial charge in [-0.1, -0.05) is 0 Å². The lowest BCUT2D eigenvalue weighted by Crippen LogP contribution is -2.50. The molecule has 2 aliphatic rings. The summed E-state index contributed by atoms with van der Waals surface area (Å²) >= 11 is 0. The molecule has 2 heterocycles. The quantitative estimate of drug-likeness (QED) is 0.544. The van der Waals surface area contributed by atoms with Gasteiger partial charge in [-0.3, -0.25) is 4.52 Å². The van der Waals surface area contributed by atoms with E-state index in [1.807, 2.05) is 13.8 Å². The molecule has 0 spiro atoms. The molecule has 1 unspecified atom stereocenters. The van der Waals surface area contributed by atoms with Crippen molar-refractivity contribution in [3.63, 3.8) is 0 Å². The molecule has 6 nitrogen and oxygen atoms in total. The summed E-state index contributed by atoms with van der Waals surface area (Å²) < 4.78 is 27.3. The Labute approximate surface area is 95.6 Å². The van der Waals surface area contributed by atoms with Gasteiger partial charge in [-0.05, 0) is 20.3 Å². The van der Waals surface area contributed by atoms with Gasteiger partial charge in [0.15, 0.2) is 5.72 Å². The third-order valence-electron chi connectivity index (χ3n) is 2.56. The maximum Gasteiger partial charge on any atom is 0.405 e. The fourth-order valence-electron chi connectivity index (χ4n) is 1.91. The number of ether oxygens (including phenoxy) is 2. The summed E-state index contributed by atoms with van der Waals surface area (Å²) in [5.74, 6) is 0. The second-order valence-corrected chi connectivity index (χ2v) is 5.84. The smallest absolute Gasteiger partial charge is 0.374 e. The topological polar surface area (TPSA) is 77.0 Å². The second kappa shape index (κ2) is 4.08. The molecule has 8 heteroatoms. The van der Waals surface area contributed by atoms with Crippen LogP contribution < -0.4 is 5.09 Å². The fourth-order valence-corrected chi connectivity index (χ4v) is 3.30. The predicted molar refractivity (Wildman–Crippen MR) is 56.9 cm³/mol. The van der Waals surface area contributed by atoms with Crippen molar-refractivity contribution >= 4 is 15.6 Å². The molecular weight excluding hydrogens is 232 g/mol. The van der Waals surface area contributed by atoms with Crippen molar-refractivity contribution in [1.82, 2.24) is 5.09 Å². The highest BCUT2D eigenvalue weighted by molar-refractivity contribution is 7.51. The Bertz CT molecular complexity index is 328. The Morgan fingerprint density at radius 3 is 3.06 bits per heavy atom. The van der Waals surface area contributed by atoms with Crippen LogP contribution in [0.2, 0.25) is 0 Å². The molecule has 0 bridgehead atoms. The molecule has 0 aliphatic carbocycles. The molecule has 16 heavy (non-hydrogen) atoms. The van der Waals surface area contributed by atoms with Crippen molar-refractivity contribution < 1.29 is 23.5 Å². The number of hydrogen-bond acceptors (Lipinski definition) is 4. The van der Waals surface area contributed by atoms with Crippen LogP contribution in [0.1, 0.15) is 20.3 Å². The molecule has 90 valence electrons. The first-order valence-electron chi connectivity index (χ1n) is 5.19. The summed E-state index contributed by atoms with van der Waals surface area (Å²) in [5.41, 5.74) is -1.09. The van der Waals surface area contributed by atoms with Crippen LogP contribution in [0.3, 0.4) is 0 Å². The minimum absolute atomic E-state index is 0.00377. The van der Waals surface area contributed by atoms with Crippen molar-refractivity contribution in [2.45, 2.75) is 44.2 Å². The van der Waals surface area contributed by atoms with Crippen LogP contribution in [0.15, 0.2) is 0 Å². The Kier molecular flexibility index (Phi) is 3.20. The standard InChI is InChI=1S/C8H15BNO5P/c1-5(2)13-4-8-6(3-7(9)14-8)15-16(11,12)10-8/h5-7H,3-4H2,1-2H3,(H2,10,11,12)/t6-,7-,8-/m1/s1. The van der Waals surface area contributed by atoms with Crippen molar-refractivity contribution in [2.75, 3.05) is 6.61 Å². The van der Waals surface area contributed by atoms with Gasteiger partial charge < -0.3 is 14.4 Å². The van der Waals surface area contributed by atoms with E-state index in [2.05, 4.69) is 5.09 Å². The lowest BCUT2D eigenvalue weighted by molar-refractivity contribution is -0.109. The molecule has 2 N–H and O–H groups in total. The second-order valence-electron chi connectivity index (χ2n) is 4.37. The summed E-state index contributed by atoms with van der Waals surface area (Å²) in [4.78, 5) is 9.36. The molecule has 2 fully saturated rings. The average Bonchev–Trinajstić information content (AvgIpc) is 2.49. The van der Waals surface area contributed by atoms with E-state index in [0.717, 1.165) is 0 Å². The molecule has 2 saturated heterocycles. The van der Waals surface area contributed by atoms with Gasteiger partial charge in [0.05, 0.1) is 12.7 Å². The summed E-state index contributed by atoms with van der Waals surface area (Å²) in [6, 6.07) is -0.506. The van der Waals surface area contributed by atoms with Gasteiger partial charge in [0.2, 0.25) is 0 Å². The largest absolute Gasteiger partial charge is 0.405 e. The first-order valence-corrected chi connectivity index (χ1v) is 6.76. The summed E-state index contributed by atoms with van der Waals surface area (Å²) in [6.45, 7) is 3.87. The van der Waals surface area contributed by atoms with E-state index < -0.39 is 25.6 Å². The van der Waals surface area contributed by atoms with Crippen LogP contribution >= 0.6 is 7.75 Å². The van der Waals surface area contributed by atoms with Crippen LogP contribution in [0.25, 0.3) is 0 Å². The first kappa shape index (κ1) is 12.5. The van der Waals surface area contributed by atoms with Crippen LogP contribution in [0.4, 0.5) is 0 Å². The Balaban J connectivity index is 2.11. The van der Waals surface area contributed by atoms with E-state index in [1.54, 1.807) is 0 Å². The molecule has 2 rings (SSSR count). The van der Waals surface area contributed by atoms with Gasteiger partial charge in [0, 0.05) is 6.00 Å². The van der Waals surface area contributed by atoms with Gasteiger partial charge in [0.1, 0.15) is 14.0 Å². The highest BCUT2D eigenvalue weighted by Crippen LogP contribution is 2.54. The van der Waals surface area contributed by atoms with Crippen molar-refractivity contribution in [1.29, 1.82) is 0 Å². The molecule has 4 atom stereocenters. The zero-order valence-electron chi connectivity index (χ0n) is 9.25. The molecule has 2 radical (unpaired) electrons. The Morgan fingerprint density at radius 2 is 2.44 bits per heavy atom. The molecule has 0 saturated carbocycles. The molecule has 2 aliphatic heterocycles. The summed E-state index contributed by atoms with van der Waals surface area (Å²) in [5, 5.41) is 2.45. The number of fused-ring (bicyclic) bond motifs is 1. The average molecular weight is 247 g/mol. The number of nitrogens with one attached hydrogen (secondary N) is 1. The third kappa shape index (κ3) is 2.35. The van der Waals surface area contributed by atoms with Crippen LogP contribution in [0, 0.1) is 0 Å². The van der Waals surface area contributed by atoms with E-state index in [-0.39, 0.29) is 12.7 Å². The highest BCUT2D eigenvalue weighted by atomic mass is 31.2. The third-order valence-corrected chi connectivity index (χ3v) is 3.76. The maximum absolute atomic E-state index is 11.4. The van der Waals surface area contributed by atoms with Gasteiger partial charge in [-0.25, -0.2) is 4.57 Å². The van der Waals surface area contributed by atoms with Crippen molar-refractivity contribution in [2.24, 2.45) is 0 Å². The monoisotopic (exact) mass is 247 g/mol. The van der Waals surface area contributed by atoms with Gasteiger partial charge in [0.25, 0.3) is 0 Å². The highest BCUT2D eigenvalue weighted by Gasteiger charge is 2.59. The molecule has 0 amide bonds. The van der Waals surface area contributed by atoms with E-state index in [0.29, 0.717) is 6.42 Å². The van der Waals surface area contributed by atoms with Crippen molar-refractivity contribution in [3.8, 4) is 0 Å². The predicted octanol–water partition coefficient (Wildman–Crippen LogP) is 0.111. The summed E-state index contributed by atoms with van der Waals surface area (Å²) in [6.07, 6.45) is -0.174. The van der Waals surface area contributed by atoms with Crippen LogP contribution in [-0.4, -0.2) is 43.3 Å². The van der Waals surface area contributed by atoms with E-state index >= 15 is 0 Å². The SMILES string of the molecule is [B][C@H]1C[C@H]2OP(=O)(O)N[C@]2(COC(C)C)O1. The minimum Gasteiger partial charge on any atom is -0.374 e. The number of hydrogen-bond donors (Lipinski definition) is 2. The van der Waals surface area contributed by atoms with E-state index in [9.17, 15) is 9.46 Å². The fraction of sp³-hybridized carbons (Fsp3) is 1.00. The number of rotatable bonds is 3. The van der Waals surface area contributed by atoms with Crippen LogP contribution in [0.5, 0.6) is 0 Å². The van der Waals surface area contributed by atoms with Crippen molar-refractivity contribution in [3.05, 3.63) is 0 Å². The van der Waals surface area contributed by atoms with Gasteiger partial charge >= 0.3 is 7.75 Å². The Morgan fingerprint density at radius 1 is 1.75 bits per heavy atom.